The van der Waals surface area contributed by atoms with Crippen LogP contribution in [0.5, 0.6) is 5.75 Å². The average molecular weight is 364 g/mol. The Morgan fingerprint density at radius 1 is 1.15 bits per heavy atom. The van der Waals surface area contributed by atoms with Gasteiger partial charge in [0.25, 0.3) is 0 Å². The molecule has 0 bridgehead atoms. The van der Waals surface area contributed by atoms with Gasteiger partial charge in [0.2, 0.25) is 0 Å². The molecule has 0 atom stereocenters. The predicted molar refractivity (Wildman–Crippen MR) is 106 cm³/mol. The van der Waals surface area contributed by atoms with Gasteiger partial charge < -0.3 is 19.9 Å². The molecule has 0 aliphatic carbocycles. The third-order valence-electron chi connectivity index (χ3n) is 3.87. The van der Waals surface area contributed by atoms with Crippen LogP contribution in [0, 0.1) is 0 Å². The largest absolute Gasteiger partial charge is 0.489 e. The van der Waals surface area contributed by atoms with Gasteiger partial charge >= 0.3 is 6.03 Å². The van der Waals surface area contributed by atoms with Crippen molar-refractivity contribution in [2.24, 2.45) is 0 Å². The minimum atomic E-state index is -0.269. The zero-order valence-electron chi connectivity index (χ0n) is 15.6. The minimum Gasteiger partial charge on any atom is -0.489 e. The number of hydrogen-bond donors (Lipinski definition) is 2. The number of urea groups is 1. The molecule has 0 spiro atoms. The monoisotopic (exact) mass is 364 g/mol. The molecule has 27 heavy (non-hydrogen) atoms. The molecule has 0 aliphatic rings. The lowest BCUT2D eigenvalue weighted by molar-refractivity contribution is 0.241. The summed E-state index contributed by atoms with van der Waals surface area (Å²) in [5, 5.41) is 5.74. The summed E-state index contributed by atoms with van der Waals surface area (Å²) < 4.78 is 7.73. The van der Waals surface area contributed by atoms with Crippen molar-refractivity contribution < 1.29 is 9.53 Å². The maximum absolute atomic E-state index is 12.3. The Bertz CT molecular complexity index is 875. The number of anilines is 1. The van der Waals surface area contributed by atoms with Gasteiger partial charge in [0.05, 0.1) is 18.1 Å². The van der Waals surface area contributed by atoms with E-state index in [1.54, 1.807) is 12.5 Å². The maximum atomic E-state index is 12.3. The SMILES string of the molecule is CC(C)Oc1ccccc1NC(=O)NCc1cccc(Cn2ccnc2)c1. The molecule has 0 radical (unpaired) electrons. The van der Waals surface area contributed by atoms with Crippen molar-refractivity contribution in [3.8, 4) is 5.75 Å². The fourth-order valence-corrected chi connectivity index (χ4v) is 2.70. The number of para-hydroxylation sites is 2. The van der Waals surface area contributed by atoms with Gasteiger partial charge in [0, 0.05) is 25.5 Å². The number of benzene rings is 2. The van der Waals surface area contributed by atoms with Gasteiger partial charge in [-0.3, -0.25) is 0 Å². The van der Waals surface area contributed by atoms with E-state index < -0.39 is 0 Å². The quantitative estimate of drug-likeness (QED) is 0.665. The Balaban J connectivity index is 1.57. The summed E-state index contributed by atoms with van der Waals surface area (Å²) in [6, 6.07) is 15.3. The van der Waals surface area contributed by atoms with Crippen LogP contribution >= 0.6 is 0 Å². The molecule has 3 aromatic rings. The molecule has 6 nitrogen and oxygen atoms in total. The zero-order valence-corrected chi connectivity index (χ0v) is 15.6. The average Bonchev–Trinajstić information content (AvgIpc) is 3.15. The number of nitrogens with one attached hydrogen (secondary N) is 2. The van der Waals surface area contributed by atoms with Crippen LogP contribution in [0.4, 0.5) is 10.5 Å². The van der Waals surface area contributed by atoms with E-state index in [1.807, 2.05) is 61.0 Å². The summed E-state index contributed by atoms with van der Waals surface area (Å²) in [5.74, 6) is 0.657. The van der Waals surface area contributed by atoms with Crippen molar-refractivity contribution in [2.45, 2.75) is 33.0 Å². The molecule has 0 fully saturated rings. The Morgan fingerprint density at radius 3 is 2.74 bits per heavy atom. The van der Waals surface area contributed by atoms with E-state index in [0.29, 0.717) is 18.0 Å². The molecule has 0 unspecified atom stereocenters. The van der Waals surface area contributed by atoms with Crippen molar-refractivity contribution >= 4 is 11.7 Å². The Labute approximate surface area is 159 Å². The summed E-state index contributed by atoms with van der Waals surface area (Å²) >= 11 is 0. The number of carbonyl (C=O) groups excluding carboxylic acids is 1. The Morgan fingerprint density at radius 2 is 1.96 bits per heavy atom. The Kier molecular flexibility index (Phi) is 6.10. The third kappa shape index (κ3) is 5.60. The number of amides is 2. The van der Waals surface area contributed by atoms with Crippen LogP contribution in [0.3, 0.4) is 0 Å². The van der Waals surface area contributed by atoms with Crippen LogP contribution in [-0.2, 0) is 13.1 Å². The molecule has 2 amide bonds. The normalized spacial score (nSPS) is 10.6. The highest BCUT2D eigenvalue weighted by molar-refractivity contribution is 5.90. The van der Waals surface area contributed by atoms with Gasteiger partial charge in [0.1, 0.15) is 5.75 Å². The second kappa shape index (κ2) is 8.89. The van der Waals surface area contributed by atoms with Crippen LogP contribution in [0.25, 0.3) is 0 Å². The van der Waals surface area contributed by atoms with Gasteiger partial charge in [-0.05, 0) is 37.1 Å². The van der Waals surface area contributed by atoms with E-state index in [4.69, 9.17) is 4.74 Å². The summed E-state index contributed by atoms with van der Waals surface area (Å²) in [6.45, 7) is 5.10. The molecular formula is C21H24N4O2. The van der Waals surface area contributed by atoms with Crippen molar-refractivity contribution in [3.63, 3.8) is 0 Å². The van der Waals surface area contributed by atoms with Gasteiger partial charge in [-0.25, -0.2) is 9.78 Å². The maximum Gasteiger partial charge on any atom is 0.319 e. The number of ether oxygens (including phenoxy) is 1. The second-order valence-electron chi connectivity index (χ2n) is 6.53. The van der Waals surface area contributed by atoms with Gasteiger partial charge in [-0.15, -0.1) is 0 Å². The molecule has 1 heterocycles. The minimum absolute atomic E-state index is 0.0363. The molecule has 140 valence electrons. The molecule has 2 aromatic carbocycles. The van der Waals surface area contributed by atoms with Gasteiger partial charge in [-0.2, -0.15) is 0 Å². The van der Waals surface area contributed by atoms with Crippen LogP contribution in [0.15, 0.2) is 67.3 Å². The lowest BCUT2D eigenvalue weighted by atomic mass is 10.1. The summed E-state index contributed by atoms with van der Waals surface area (Å²) in [7, 11) is 0. The molecular weight excluding hydrogens is 340 g/mol. The first-order valence-corrected chi connectivity index (χ1v) is 8.94. The van der Waals surface area contributed by atoms with E-state index in [9.17, 15) is 4.79 Å². The summed E-state index contributed by atoms with van der Waals surface area (Å²) in [6.07, 6.45) is 5.51. The highest BCUT2D eigenvalue weighted by Gasteiger charge is 2.08. The molecule has 1 aromatic heterocycles. The standard InChI is InChI=1S/C21H24N4O2/c1-16(2)27-20-9-4-3-8-19(20)24-21(26)23-13-17-6-5-7-18(12-17)14-25-11-10-22-15-25/h3-12,15-16H,13-14H2,1-2H3,(H2,23,24,26). The number of aromatic nitrogens is 2. The summed E-state index contributed by atoms with van der Waals surface area (Å²) in [4.78, 5) is 16.3. The molecule has 0 saturated carbocycles. The highest BCUT2D eigenvalue weighted by atomic mass is 16.5. The predicted octanol–water partition coefficient (Wildman–Crippen LogP) is 4.04. The van der Waals surface area contributed by atoms with E-state index in [2.05, 4.69) is 27.8 Å². The number of rotatable bonds is 7. The van der Waals surface area contributed by atoms with E-state index >= 15 is 0 Å². The van der Waals surface area contributed by atoms with Crippen molar-refractivity contribution in [1.82, 2.24) is 14.9 Å². The van der Waals surface area contributed by atoms with Crippen molar-refractivity contribution in [3.05, 3.63) is 78.4 Å². The zero-order chi connectivity index (χ0) is 19.1. The number of nitrogens with zero attached hydrogens (tertiary/aromatic N) is 2. The fraction of sp³-hybridized carbons (Fsp3) is 0.238. The van der Waals surface area contributed by atoms with E-state index in [1.165, 1.54) is 0 Å². The first kappa shape index (κ1) is 18.5. The topological polar surface area (TPSA) is 68.2 Å². The first-order valence-electron chi connectivity index (χ1n) is 8.94. The number of hydrogen-bond acceptors (Lipinski definition) is 3. The molecule has 0 aliphatic heterocycles. The molecule has 3 rings (SSSR count). The number of imidazole rings is 1. The lowest BCUT2D eigenvalue weighted by Crippen LogP contribution is -2.28. The van der Waals surface area contributed by atoms with E-state index in [0.717, 1.165) is 17.7 Å². The van der Waals surface area contributed by atoms with Crippen molar-refractivity contribution in [1.29, 1.82) is 0 Å². The molecule has 2 N–H and O–H groups in total. The Hall–Kier alpha value is -3.28. The van der Waals surface area contributed by atoms with Crippen LogP contribution in [0.2, 0.25) is 0 Å². The van der Waals surface area contributed by atoms with Crippen LogP contribution < -0.4 is 15.4 Å². The van der Waals surface area contributed by atoms with Crippen molar-refractivity contribution in [2.75, 3.05) is 5.32 Å². The lowest BCUT2D eigenvalue weighted by Gasteiger charge is -2.15. The molecule has 0 saturated heterocycles. The summed E-state index contributed by atoms with van der Waals surface area (Å²) in [5.41, 5.74) is 2.84. The van der Waals surface area contributed by atoms with Gasteiger partial charge in [0.15, 0.2) is 0 Å². The first-order chi connectivity index (χ1) is 13.1. The smallest absolute Gasteiger partial charge is 0.319 e. The highest BCUT2D eigenvalue weighted by Crippen LogP contribution is 2.24. The van der Waals surface area contributed by atoms with E-state index in [-0.39, 0.29) is 12.1 Å². The van der Waals surface area contributed by atoms with Crippen LogP contribution in [0.1, 0.15) is 25.0 Å². The third-order valence-corrected chi connectivity index (χ3v) is 3.87. The fourth-order valence-electron chi connectivity index (χ4n) is 2.70. The van der Waals surface area contributed by atoms with Gasteiger partial charge in [-0.1, -0.05) is 36.4 Å². The molecule has 6 heteroatoms. The number of carbonyl (C=O) groups is 1. The second-order valence-corrected chi connectivity index (χ2v) is 6.53. The van der Waals surface area contributed by atoms with Crippen LogP contribution in [-0.4, -0.2) is 21.7 Å².